The van der Waals surface area contributed by atoms with Crippen molar-refractivity contribution < 1.29 is 9.90 Å². The zero-order valence-electron chi connectivity index (χ0n) is 13.6. The van der Waals surface area contributed by atoms with E-state index in [4.69, 9.17) is 0 Å². The van der Waals surface area contributed by atoms with E-state index in [1.807, 2.05) is 0 Å². The number of phenols is 1. The second-order valence-corrected chi connectivity index (χ2v) is 7.06. The maximum absolute atomic E-state index is 12.2. The van der Waals surface area contributed by atoms with Crippen molar-refractivity contribution in [3.05, 3.63) is 24.3 Å². The lowest BCUT2D eigenvalue weighted by Crippen LogP contribution is -2.41. The minimum atomic E-state index is 0.0130. The fraction of sp³-hybridized carbons (Fsp3) is 0.500. The average Bonchev–Trinajstić information content (AvgIpc) is 3.04. The van der Waals surface area contributed by atoms with Crippen molar-refractivity contribution in [1.29, 1.82) is 0 Å². The van der Waals surface area contributed by atoms with Crippen molar-refractivity contribution in [2.75, 3.05) is 5.75 Å². The number of nitrogens with one attached hydrogen (secondary N) is 1. The van der Waals surface area contributed by atoms with Gasteiger partial charge in [0.15, 0.2) is 0 Å². The molecular weight excluding hydrogens is 326 g/mol. The maximum atomic E-state index is 12.2. The molecule has 1 saturated carbocycles. The SMILES string of the molecule is C[C@H]1CCCC[C@@H]1NC(=O)CSc1nnnn1-c1ccc(O)cc1. The van der Waals surface area contributed by atoms with Gasteiger partial charge in [0.05, 0.1) is 11.4 Å². The number of rotatable bonds is 5. The Balaban J connectivity index is 1.58. The first kappa shape index (κ1) is 16.8. The highest BCUT2D eigenvalue weighted by Gasteiger charge is 2.23. The Labute approximate surface area is 144 Å². The highest BCUT2D eigenvalue weighted by atomic mass is 32.2. The zero-order chi connectivity index (χ0) is 16.9. The Kier molecular flexibility index (Phi) is 5.34. The van der Waals surface area contributed by atoms with Crippen LogP contribution in [0.25, 0.3) is 5.69 Å². The lowest BCUT2D eigenvalue weighted by Gasteiger charge is -2.29. The van der Waals surface area contributed by atoms with Gasteiger partial charge < -0.3 is 10.4 Å². The van der Waals surface area contributed by atoms with Crippen molar-refractivity contribution in [1.82, 2.24) is 25.5 Å². The van der Waals surface area contributed by atoms with Crippen LogP contribution >= 0.6 is 11.8 Å². The number of carbonyl (C=O) groups excluding carboxylic acids is 1. The van der Waals surface area contributed by atoms with Gasteiger partial charge in [-0.25, -0.2) is 0 Å². The van der Waals surface area contributed by atoms with Gasteiger partial charge in [0.1, 0.15) is 5.75 Å². The van der Waals surface area contributed by atoms with Crippen LogP contribution in [-0.2, 0) is 4.79 Å². The molecule has 2 aromatic rings. The smallest absolute Gasteiger partial charge is 0.230 e. The summed E-state index contributed by atoms with van der Waals surface area (Å²) in [5, 5.41) is 24.6. The summed E-state index contributed by atoms with van der Waals surface area (Å²) in [7, 11) is 0. The first-order chi connectivity index (χ1) is 11.6. The Morgan fingerprint density at radius 1 is 1.33 bits per heavy atom. The summed E-state index contributed by atoms with van der Waals surface area (Å²) in [6.45, 7) is 2.20. The van der Waals surface area contributed by atoms with Gasteiger partial charge in [-0.1, -0.05) is 31.5 Å². The third-order valence-electron chi connectivity index (χ3n) is 4.33. The minimum absolute atomic E-state index is 0.0130. The Bertz CT molecular complexity index is 688. The number of phenolic OH excluding ortho intramolecular Hbond substituents is 1. The van der Waals surface area contributed by atoms with Crippen molar-refractivity contribution in [3.63, 3.8) is 0 Å². The molecule has 1 amide bonds. The molecule has 7 nitrogen and oxygen atoms in total. The first-order valence-electron chi connectivity index (χ1n) is 8.13. The highest BCUT2D eigenvalue weighted by Crippen LogP contribution is 2.24. The molecule has 128 valence electrons. The van der Waals surface area contributed by atoms with E-state index in [1.54, 1.807) is 28.9 Å². The van der Waals surface area contributed by atoms with Gasteiger partial charge in [0.2, 0.25) is 11.1 Å². The highest BCUT2D eigenvalue weighted by molar-refractivity contribution is 7.99. The molecule has 1 fully saturated rings. The van der Waals surface area contributed by atoms with E-state index in [0.29, 0.717) is 11.1 Å². The Hall–Kier alpha value is -2.09. The summed E-state index contributed by atoms with van der Waals surface area (Å²) in [6.07, 6.45) is 4.67. The number of thioether (sulfide) groups is 1. The van der Waals surface area contributed by atoms with Crippen molar-refractivity contribution in [2.24, 2.45) is 5.92 Å². The van der Waals surface area contributed by atoms with E-state index in [0.717, 1.165) is 12.1 Å². The van der Waals surface area contributed by atoms with Crippen LogP contribution in [0.3, 0.4) is 0 Å². The topological polar surface area (TPSA) is 92.9 Å². The molecule has 1 heterocycles. The van der Waals surface area contributed by atoms with Crippen LogP contribution < -0.4 is 5.32 Å². The van der Waals surface area contributed by atoms with Gasteiger partial charge >= 0.3 is 0 Å². The second-order valence-electron chi connectivity index (χ2n) is 6.11. The molecule has 1 aliphatic carbocycles. The lowest BCUT2D eigenvalue weighted by molar-refractivity contribution is -0.119. The van der Waals surface area contributed by atoms with Crippen LogP contribution in [0, 0.1) is 5.92 Å². The van der Waals surface area contributed by atoms with E-state index < -0.39 is 0 Å². The van der Waals surface area contributed by atoms with Crippen molar-refractivity contribution in [2.45, 2.75) is 43.8 Å². The number of aromatic nitrogens is 4. The van der Waals surface area contributed by atoms with Gasteiger partial charge in [0, 0.05) is 6.04 Å². The number of hydrogen-bond donors (Lipinski definition) is 2. The fourth-order valence-corrected chi connectivity index (χ4v) is 3.64. The minimum Gasteiger partial charge on any atom is -0.508 e. The van der Waals surface area contributed by atoms with E-state index in [9.17, 15) is 9.90 Å². The molecule has 1 aromatic heterocycles. The summed E-state index contributed by atoms with van der Waals surface area (Å²) in [5.74, 6) is 1.01. The van der Waals surface area contributed by atoms with Crippen molar-refractivity contribution >= 4 is 17.7 Å². The quantitative estimate of drug-likeness (QED) is 0.805. The van der Waals surface area contributed by atoms with Crippen LogP contribution in [0.15, 0.2) is 29.4 Å². The number of tetrazole rings is 1. The molecular formula is C16H21N5O2S. The average molecular weight is 347 g/mol. The maximum Gasteiger partial charge on any atom is 0.230 e. The molecule has 0 saturated heterocycles. The Morgan fingerprint density at radius 3 is 2.83 bits per heavy atom. The molecule has 1 aliphatic rings. The molecule has 1 aromatic carbocycles. The van der Waals surface area contributed by atoms with E-state index >= 15 is 0 Å². The number of hydrogen-bond acceptors (Lipinski definition) is 6. The number of benzene rings is 1. The van der Waals surface area contributed by atoms with Crippen LogP contribution in [0.4, 0.5) is 0 Å². The molecule has 0 bridgehead atoms. The van der Waals surface area contributed by atoms with E-state index in [1.165, 1.54) is 31.0 Å². The molecule has 0 unspecified atom stereocenters. The predicted octanol–water partition coefficient (Wildman–Crippen LogP) is 2.15. The summed E-state index contributed by atoms with van der Waals surface area (Å²) in [6, 6.07) is 6.87. The zero-order valence-corrected chi connectivity index (χ0v) is 14.4. The summed E-state index contributed by atoms with van der Waals surface area (Å²) >= 11 is 1.30. The number of amides is 1. The molecule has 2 atom stereocenters. The van der Waals surface area contributed by atoms with Crippen molar-refractivity contribution in [3.8, 4) is 11.4 Å². The summed E-state index contributed by atoms with van der Waals surface area (Å²) < 4.78 is 1.56. The summed E-state index contributed by atoms with van der Waals surface area (Å²) in [5.41, 5.74) is 0.738. The number of carbonyl (C=O) groups is 1. The molecule has 0 spiro atoms. The van der Waals surface area contributed by atoms with Gasteiger partial charge in [-0.2, -0.15) is 4.68 Å². The van der Waals surface area contributed by atoms with Crippen LogP contribution in [0.2, 0.25) is 0 Å². The first-order valence-corrected chi connectivity index (χ1v) is 9.12. The predicted molar refractivity (Wildman–Crippen MR) is 91.1 cm³/mol. The van der Waals surface area contributed by atoms with Gasteiger partial charge in [0.25, 0.3) is 0 Å². The van der Waals surface area contributed by atoms with Crippen LogP contribution in [0.5, 0.6) is 5.75 Å². The monoisotopic (exact) mass is 347 g/mol. The van der Waals surface area contributed by atoms with Crippen LogP contribution in [-0.4, -0.2) is 43.0 Å². The standard InChI is InChI=1S/C16H21N5O2S/c1-11-4-2-3-5-14(11)17-15(23)10-24-16-18-19-20-21(16)12-6-8-13(22)9-7-12/h6-9,11,14,22H,2-5,10H2,1H3,(H,17,23)/t11-,14-/m0/s1. The third-order valence-corrected chi connectivity index (χ3v) is 5.24. The third kappa shape index (κ3) is 4.05. The molecule has 0 aliphatic heterocycles. The molecule has 24 heavy (non-hydrogen) atoms. The Morgan fingerprint density at radius 2 is 2.08 bits per heavy atom. The number of aromatic hydroxyl groups is 1. The summed E-state index contributed by atoms with van der Waals surface area (Å²) in [4.78, 5) is 12.2. The molecule has 3 rings (SSSR count). The van der Waals surface area contributed by atoms with Gasteiger partial charge in [-0.15, -0.1) is 5.10 Å². The fourth-order valence-electron chi connectivity index (χ4n) is 2.93. The van der Waals surface area contributed by atoms with E-state index in [2.05, 4.69) is 27.8 Å². The lowest BCUT2D eigenvalue weighted by atomic mass is 9.86. The molecule has 0 radical (unpaired) electrons. The van der Waals surface area contributed by atoms with E-state index in [-0.39, 0.29) is 23.5 Å². The normalized spacial score (nSPS) is 20.7. The van der Waals surface area contributed by atoms with Crippen LogP contribution in [0.1, 0.15) is 32.6 Å². The van der Waals surface area contributed by atoms with Gasteiger partial charge in [-0.3, -0.25) is 4.79 Å². The number of nitrogens with zero attached hydrogens (tertiary/aromatic N) is 4. The largest absolute Gasteiger partial charge is 0.508 e. The van der Waals surface area contributed by atoms with Gasteiger partial charge in [-0.05, 0) is 53.5 Å². The second kappa shape index (κ2) is 7.65. The molecule has 2 N–H and O–H groups in total. The molecule has 8 heteroatoms.